The van der Waals surface area contributed by atoms with E-state index in [0.29, 0.717) is 24.8 Å². The molecule has 1 N–H and O–H groups in total. The van der Waals surface area contributed by atoms with Gasteiger partial charge < -0.3 is 14.6 Å². The van der Waals surface area contributed by atoms with Crippen molar-refractivity contribution in [2.24, 2.45) is 11.8 Å². The number of hydrogen-bond acceptors (Lipinski definition) is 3. The number of carboxylic acid groups (broad SMARTS) is 1. The van der Waals surface area contributed by atoms with Crippen molar-refractivity contribution in [1.82, 2.24) is 14.5 Å². The van der Waals surface area contributed by atoms with E-state index in [1.807, 2.05) is 29.2 Å². The first-order chi connectivity index (χ1) is 12.6. The van der Waals surface area contributed by atoms with Gasteiger partial charge in [0.15, 0.2) is 0 Å². The second kappa shape index (κ2) is 5.83. The number of para-hydroxylation sites is 2. The highest BCUT2D eigenvalue weighted by molar-refractivity contribution is 5.82. The van der Waals surface area contributed by atoms with Gasteiger partial charge in [0.2, 0.25) is 5.91 Å². The molecule has 1 amide bonds. The molecule has 0 unspecified atom stereocenters. The minimum absolute atomic E-state index is 0.0377. The molecular formula is C20H23N3O3. The summed E-state index contributed by atoms with van der Waals surface area (Å²) in [6.07, 6.45) is 4.83. The van der Waals surface area contributed by atoms with Gasteiger partial charge in [-0.25, -0.2) is 4.98 Å². The fraction of sp³-hybridized carbons (Fsp3) is 0.550. The maximum atomic E-state index is 13.1. The number of carboxylic acids is 1. The number of rotatable bonds is 4. The summed E-state index contributed by atoms with van der Waals surface area (Å²) in [7, 11) is 0. The standard InChI is InChI=1S/C20H23N3O3/c24-18(22-10-12-5-8-16(22)14(9-12)20(25)26)11-23-17-4-2-1-3-15(17)21-19(23)13-6-7-13/h1-4,12-14,16H,5-11H2,(H,25,26)/t12-,14-,16+/m1/s1. The van der Waals surface area contributed by atoms with Crippen LogP contribution in [0.3, 0.4) is 0 Å². The maximum Gasteiger partial charge on any atom is 0.308 e. The number of piperidine rings is 2. The van der Waals surface area contributed by atoms with E-state index in [2.05, 4.69) is 4.57 Å². The molecule has 1 aromatic carbocycles. The van der Waals surface area contributed by atoms with Crippen LogP contribution in [-0.2, 0) is 16.1 Å². The van der Waals surface area contributed by atoms with Gasteiger partial charge in [-0.1, -0.05) is 12.1 Å². The van der Waals surface area contributed by atoms with Crippen LogP contribution in [-0.4, -0.2) is 44.0 Å². The Morgan fingerprint density at radius 1 is 1.15 bits per heavy atom. The number of carbonyl (C=O) groups is 2. The molecule has 6 nitrogen and oxygen atoms in total. The third-order valence-electron chi connectivity index (χ3n) is 6.34. The summed E-state index contributed by atoms with van der Waals surface area (Å²) in [4.78, 5) is 31.4. The van der Waals surface area contributed by atoms with E-state index in [9.17, 15) is 14.7 Å². The number of fused-ring (bicyclic) bond motifs is 4. The fourth-order valence-electron chi connectivity index (χ4n) is 4.89. The van der Waals surface area contributed by atoms with Crippen molar-refractivity contribution in [3.8, 4) is 0 Å². The molecule has 2 saturated carbocycles. The Bertz CT molecular complexity index is 886. The smallest absolute Gasteiger partial charge is 0.308 e. The lowest BCUT2D eigenvalue weighted by Crippen LogP contribution is -2.57. The van der Waals surface area contributed by atoms with Crippen LogP contribution < -0.4 is 0 Å². The highest BCUT2D eigenvalue weighted by Gasteiger charge is 2.46. The molecule has 26 heavy (non-hydrogen) atoms. The van der Waals surface area contributed by atoms with Crippen molar-refractivity contribution >= 4 is 22.9 Å². The quantitative estimate of drug-likeness (QED) is 0.917. The molecule has 3 atom stereocenters. The average Bonchev–Trinajstić information content (AvgIpc) is 3.45. The van der Waals surface area contributed by atoms with Gasteiger partial charge in [-0.3, -0.25) is 9.59 Å². The molecule has 0 radical (unpaired) electrons. The predicted octanol–water partition coefficient (Wildman–Crippen LogP) is 2.63. The minimum Gasteiger partial charge on any atom is -0.481 e. The van der Waals surface area contributed by atoms with Gasteiger partial charge >= 0.3 is 5.97 Å². The molecule has 6 heteroatoms. The number of hydrogen-bond donors (Lipinski definition) is 1. The van der Waals surface area contributed by atoms with E-state index in [1.165, 1.54) is 0 Å². The average molecular weight is 353 g/mol. The summed E-state index contributed by atoms with van der Waals surface area (Å²) >= 11 is 0. The van der Waals surface area contributed by atoms with Crippen LogP contribution in [0.2, 0.25) is 0 Å². The monoisotopic (exact) mass is 353 g/mol. The third-order valence-corrected chi connectivity index (χ3v) is 6.34. The first-order valence-electron chi connectivity index (χ1n) is 9.59. The zero-order valence-electron chi connectivity index (χ0n) is 14.7. The first kappa shape index (κ1) is 15.9. The van der Waals surface area contributed by atoms with Gasteiger partial charge in [-0.15, -0.1) is 0 Å². The van der Waals surface area contributed by atoms with Crippen molar-refractivity contribution < 1.29 is 14.7 Å². The highest BCUT2D eigenvalue weighted by atomic mass is 16.4. The molecular weight excluding hydrogens is 330 g/mol. The summed E-state index contributed by atoms with van der Waals surface area (Å²) in [5.74, 6) is 0.664. The van der Waals surface area contributed by atoms with E-state index in [4.69, 9.17) is 4.98 Å². The Kier molecular flexibility index (Phi) is 3.55. The van der Waals surface area contributed by atoms with Gasteiger partial charge in [-0.05, 0) is 50.2 Å². The zero-order chi connectivity index (χ0) is 17.8. The highest BCUT2D eigenvalue weighted by Crippen LogP contribution is 2.42. The Balaban J connectivity index is 1.45. The van der Waals surface area contributed by atoms with Crippen LogP contribution in [0.25, 0.3) is 11.0 Å². The van der Waals surface area contributed by atoms with Gasteiger partial charge in [0, 0.05) is 18.5 Å². The summed E-state index contributed by atoms with van der Waals surface area (Å²) in [6.45, 7) is 0.973. The number of aliphatic carboxylic acids is 1. The number of aromatic nitrogens is 2. The molecule has 2 bridgehead atoms. The van der Waals surface area contributed by atoms with Gasteiger partial charge in [0.25, 0.3) is 0 Å². The van der Waals surface area contributed by atoms with Crippen LogP contribution in [0.15, 0.2) is 24.3 Å². The van der Waals surface area contributed by atoms with Gasteiger partial charge in [0.05, 0.1) is 17.0 Å². The lowest BCUT2D eigenvalue weighted by molar-refractivity contribution is -0.155. The molecule has 4 fully saturated rings. The van der Waals surface area contributed by atoms with Crippen molar-refractivity contribution in [2.75, 3.05) is 6.54 Å². The van der Waals surface area contributed by atoms with E-state index in [0.717, 1.165) is 42.5 Å². The van der Waals surface area contributed by atoms with Crippen molar-refractivity contribution in [2.45, 2.75) is 50.6 Å². The zero-order valence-corrected chi connectivity index (χ0v) is 14.7. The van der Waals surface area contributed by atoms with Crippen LogP contribution in [0.5, 0.6) is 0 Å². The lowest BCUT2D eigenvalue weighted by atomic mass is 9.72. The molecule has 3 heterocycles. The Morgan fingerprint density at radius 3 is 2.69 bits per heavy atom. The number of carbonyl (C=O) groups excluding carboxylic acids is 1. The fourth-order valence-corrected chi connectivity index (χ4v) is 4.89. The molecule has 2 aliphatic carbocycles. The summed E-state index contributed by atoms with van der Waals surface area (Å²) in [6, 6.07) is 7.81. The number of amides is 1. The Labute approximate surface area is 151 Å². The summed E-state index contributed by atoms with van der Waals surface area (Å²) in [5, 5.41) is 9.53. The van der Waals surface area contributed by atoms with Gasteiger partial charge in [-0.2, -0.15) is 0 Å². The normalized spacial score (nSPS) is 27.8. The Hall–Kier alpha value is -2.37. The van der Waals surface area contributed by atoms with Crippen molar-refractivity contribution in [3.05, 3.63) is 30.1 Å². The van der Waals surface area contributed by atoms with Crippen LogP contribution in [0.1, 0.15) is 43.8 Å². The van der Waals surface area contributed by atoms with Crippen LogP contribution >= 0.6 is 0 Å². The number of imidazole rings is 1. The molecule has 0 spiro atoms. The van der Waals surface area contributed by atoms with E-state index < -0.39 is 11.9 Å². The second-order valence-corrected chi connectivity index (χ2v) is 8.06. The molecule has 2 aliphatic heterocycles. The van der Waals surface area contributed by atoms with Crippen molar-refractivity contribution in [1.29, 1.82) is 0 Å². The molecule has 136 valence electrons. The number of nitrogens with zero attached hydrogens (tertiary/aromatic N) is 3. The predicted molar refractivity (Wildman–Crippen MR) is 95.7 cm³/mol. The topological polar surface area (TPSA) is 75.4 Å². The van der Waals surface area contributed by atoms with E-state index in [1.54, 1.807) is 0 Å². The largest absolute Gasteiger partial charge is 0.481 e. The second-order valence-electron chi connectivity index (χ2n) is 8.06. The molecule has 1 aromatic heterocycles. The molecule has 6 rings (SSSR count). The third kappa shape index (κ3) is 2.50. The van der Waals surface area contributed by atoms with E-state index >= 15 is 0 Å². The molecule has 4 aliphatic rings. The first-order valence-corrected chi connectivity index (χ1v) is 9.59. The summed E-state index contributed by atoms with van der Waals surface area (Å²) in [5.41, 5.74) is 1.94. The van der Waals surface area contributed by atoms with E-state index in [-0.39, 0.29) is 18.5 Å². The van der Waals surface area contributed by atoms with Gasteiger partial charge in [0.1, 0.15) is 12.4 Å². The Morgan fingerprint density at radius 2 is 1.96 bits per heavy atom. The van der Waals surface area contributed by atoms with Crippen molar-refractivity contribution in [3.63, 3.8) is 0 Å². The maximum absolute atomic E-state index is 13.1. The lowest BCUT2D eigenvalue weighted by Gasteiger charge is -2.48. The van der Waals surface area contributed by atoms with Crippen LogP contribution in [0, 0.1) is 11.8 Å². The SMILES string of the molecule is O=C(O)[C@@H]1C[C@H]2CC[C@@H]1N(C(=O)Cn1c(C3CC3)nc3ccccc31)C2. The number of benzene rings is 1. The molecule has 2 saturated heterocycles. The molecule has 2 aromatic rings. The summed E-state index contributed by atoms with van der Waals surface area (Å²) < 4.78 is 2.06. The minimum atomic E-state index is -0.760. The van der Waals surface area contributed by atoms with Crippen LogP contribution in [0.4, 0.5) is 0 Å².